The molecule has 1 aromatic carbocycles. The van der Waals surface area contributed by atoms with Crippen LogP contribution in [-0.2, 0) is 6.54 Å². The molecule has 100 valence electrons. The van der Waals surface area contributed by atoms with Crippen LogP contribution in [0.15, 0.2) is 42.7 Å². The molecule has 0 spiro atoms. The summed E-state index contributed by atoms with van der Waals surface area (Å²) in [6.45, 7) is 3.51. The van der Waals surface area contributed by atoms with Crippen LogP contribution in [0.25, 0.3) is 0 Å². The lowest BCUT2D eigenvalue weighted by atomic mass is 10.1. The maximum Gasteiger partial charge on any atom is 0.269 e. The first-order chi connectivity index (χ1) is 9.16. The highest BCUT2D eigenvalue weighted by Gasteiger charge is 2.10. The van der Waals surface area contributed by atoms with Crippen molar-refractivity contribution in [2.45, 2.75) is 19.5 Å². The second-order valence-electron chi connectivity index (χ2n) is 4.30. The van der Waals surface area contributed by atoms with Gasteiger partial charge in [0.15, 0.2) is 0 Å². The minimum Gasteiger partial charge on any atom is -0.308 e. The van der Waals surface area contributed by atoms with Crippen molar-refractivity contribution < 1.29 is 4.92 Å². The Bertz CT molecular complexity index is 539. The van der Waals surface area contributed by atoms with Crippen molar-refractivity contribution in [3.05, 3.63) is 58.4 Å². The maximum atomic E-state index is 10.7. The molecule has 1 N–H and O–H groups in total. The predicted molar refractivity (Wildman–Crippen MR) is 71.7 cm³/mol. The Labute approximate surface area is 111 Å². The fourth-order valence-electron chi connectivity index (χ4n) is 1.85. The lowest BCUT2D eigenvalue weighted by Crippen LogP contribution is -2.23. The van der Waals surface area contributed by atoms with E-state index < -0.39 is 0 Å². The monoisotopic (exact) mass is 260 g/mol. The molecule has 19 heavy (non-hydrogen) atoms. The third-order valence-corrected chi connectivity index (χ3v) is 2.93. The molecule has 0 radical (unpaired) electrons. The number of hydrogen-bond donors (Lipinski definition) is 1. The van der Waals surface area contributed by atoms with Gasteiger partial charge >= 0.3 is 0 Å². The van der Waals surface area contributed by atoms with Gasteiger partial charge in [-0.05, 0) is 18.6 Å². The van der Waals surface area contributed by atoms with E-state index in [1.54, 1.807) is 18.3 Å². The number of nitrogens with zero attached hydrogens (tertiary/aromatic N) is 3. The second kappa shape index (κ2) is 6.10. The molecule has 1 atom stereocenters. The van der Waals surface area contributed by atoms with Crippen molar-refractivity contribution >= 4 is 5.69 Å². The summed E-state index contributed by atoms with van der Waals surface area (Å²) in [5.41, 5.74) is 1.04. The third-order valence-electron chi connectivity index (χ3n) is 2.93. The summed E-state index contributed by atoms with van der Waals surface area (Å²) in [4.78, 5) is 10.3. The maximum absolute atomic E-state index is 10.7. The zero-order valence-electron chi connectivity index (χ0n) is 10.7. The van der Waals surface area contributed by atoms with Crippen molar-refractivity contribution in [2.75, 3.05) is 6.54 Å². The van der Waals surface area contributed by atoms with Crippen molar-refractivity contribution in [2.24, 2.45) is 0 Å². The van der Waals surface area contributed by atoms with E-state index in [0.29, 0.717) is 0 Å². The molecule has 2 rings (SSSR count). The van der Waals surface area contributed by atoms with E-state index in [9.17, 15) is 10.1 Å². The number of rotatable bonds is 6. The Morgan fingerprint density at radius 1 is 1.47 bits per heavy atom. The Balaban J connectivity index is 1.90. The van der Waals surface area contributed by atoms with Gasteiger partial charge in [-0.15, -0.1) is 0 Å². The lowest BCUT2D eigenvalue weighted by Gasteiger charge is -2.14. The molecule has 0 bridgehead atoms. The van der Waals surface area contributed by atoms with Gasteiger partial charge < -0.3 is 5.32 Å². The Morgan fingerprint density at radius 3 is 3.00 bits per heavy atom. The molecule has 6 heteroatoms. The lowest BCUT2D eigenvalue weighted by molar-refractivity contribution is -0.384. The quantitative estimate of drug-likeness (QED) is 0.638. The van der Waals surface area contributed by atoms with E-state index in [-0.39, 0.29) is 16.7 Å². The van der Waals surface area contributed by atoms with Gasteiger partial charge in [0.25, 0.3) is 5.69 Å². The highest BCUT2D eigenvalue weighted by Crippen LogP contribution is 2.18. The summed E-state index contributed by atoms with van der Waals surface area (Å²) in [5.74, 6) is 0. The van der Waals surface area contributed by atoms with Crippen LogP contribution in [0.3, 0.4) is 0 Å². The second-order valence-corrected chi connectivity index (χ2v) is 4.30. The van der Waals surface area contributed by atoms with Gasteiger partial charge in [-0.2, -0.15) is 5.10 Å². The summed E-state index contributed by atoms with van der Waals surface area (Å²) in [7, 11) is 0. The highest BCUT2D eigenvalue weighted by atomic mass is 16.6. The highest BCUT2D eigenvalue weighted by molar-refractivity contribution is 5.35. The molecule has 6 nitrogen and oxygen atoms in total. The molecule has 0 aliphatic heterocycles. The SMILES string of the molecule is CC(NCCn1cccn1)c1cccc([N+](=O)[O-])c1. The van der Waals surface area contributed by atoms with Gasteiger partial charge in [-0.3, -0.25) is 14.8 Å². The minimum atomic E-state index is -0.375. The van der Waals surface area contributed by atoms with E-state index in [2.05, 4.69) is 10.4 Å². The molecule has 1 heterocycles. The zero-order valence-corrected chi connectivity index (χ0v) is 10.7. The molecule has 0 aliphatic rings. The molecule has 1 aromatic heterocycles. The molecular weight excluding hydrogens is 244 g/mol. The van der Waals surface area contributed by atoms with Crippen molar-refractivity contribution in [1.82, 2.24) is 15.1 Å². The molecular formula is C13H16N4O2. The van der Waals surface area contributed by atoms with Gasteiger partial charge in [0.05, 0.1) is 11.5 Å². The van der Waals surface area contributed by atoms with Crippen LogP contribution < -0.4 is 5.32 Å². The number of nitro benzene ring substituents is 1. The fraction of sp³-hybridized carbons (Fsp3) is 0.308. The number of benzene rings is 1. The average molecular weight is 260 g/mol. The van der Waals surface area contributed by atoms with Gasteiger partial charge in [-0.1, -0.05) is 12.1 Å². The van der Waals surface area contributed by atoms with Crippen LogP contribution in [0.2, 0.25) is 0 Å². The van der Waals surface area contributed by atoms with Crippen molar-refractivity contribution in [3.63, 3.8) is 0 Å². The van der Waals surface area contributed by atoms with Crippen LogP contribution in [0.4, 0.5) is 5.69 Å². The minimum absolute atomic E-state index is 0.0652. The van der Waals surface area contributed by atoms with E-state index in [1.807, 2.05) is 29.9 Å². The predicted octanol–water partition coefficient (Wildman–Crippen LogP) is 2.14. The largest absolute Gasteiger partial charge is 0.308 e. The summed E-state index contributed by atoms with van der Waals surface area (Å²) in [6.07, 6.45) is 3.64. The van der Waals surface area contributed by atoms with E-state index in [1.165, 1.54) is 6.07 Å². The smallest absolute Gasteiger partial charge is 0.269 e. The molecule has 2 aromatic rings. The summed E-state index contributed by atoms with van der Waals surface area (Å²) in [6, 6.07) is 8.64. The third kappa shape index (κ3) is 3.62. The summed E-state index contributed by atoms with van der Waals surface area (Å²) < 4.78 is 1.84. The van der Waals surface area contributed by atoms with Crippen LogP contribution >= 0.6 is 0 Å². The number of aromatic nitrogens is 2. The van der Waals surface area contributed by atoms with Crippen LogP contribution in [0.5, 0.6) is 0 Å². The number of nitro groups is 1. The van der Waals surface area contributed by atoms with Crippen LogP contribution in [0.1, 0.15) is 18.5 Å². The molecule has 0 amide bonds. The number of nitrogens with one attached hydrogen (secondary N) is 1. The molecule has 0 saturated carbocycles. The summed E-state index contributed by atoms with van der Waals surface area (Å²) in [5, 5.41) is 18.1. The normalized spacial score (nSPS) is 12.3. The first-order valence-electron chi connectivity index (χ1n) is 6.12. The van der Waals surface area contributed by atoms with Crippen LogP contribution in [-0.4, -0.2) is 21.2 Å². The fourth-order valence-corrected chi connectivity index (χ4v) is 1.85. The van der Waals surface area contributed by atoms with Crippen molar-refractivity contribution in [1.29, 1.82) is 0 Å². The van der Waals surface area contributed by atoms with Crippen LogP contribution in [0, 0.1) is 10.1 Å². The van der Waals surface area contributed by atoms with E-state index in [0.717, 1.165) is 18.7 Å². The number of hydrogen-bond acceptors (Lipinski definition) is 4. The van der Waals surface area contributed by atoms with Gasteiger partial charge in [0.1, 0.15) is 0 Å². The first kappa shape index (κ1) is 13.2. The molecule has 1 unspecified atom stereocenters. The number of non-ortho nitro benzene ring substituents is 1. The standard InChI is InChI=1S/C13H16N4O2/c1-11(14-7-9-16-8-3-6-15-16)12-4-2-5-13(10-12)17(18)19/h2-6,8,10-11,14H,7,9H2,1H3. The zero-order chi connectivity index (χ0) is 13.7. The van der Waals surface area contributed by atoms with Gasteiger partial charge in [-0.25, -0.2) is 0 Å². The molecule has 0 saturated heterocycles. The molecule has 0 fully saturated rings. The average Bonchev–Trinajstić information content (AvgIpc) is 2.92. The Morgan fingerprint density at radius 2 is 2.32 bits per heavy atom. The Hall–Kier alpha value is -2.21. The topological polar surface area (TPSA) is 73.0 Å². The van der Waals surface area contributed by atoms with Crippen molar-refractivity contribution in [3.8, 4) is 0 Å². The van der Waals surface area contributed by atoms with Gasteiger partial charge in [0.2, 0.25) is 0 Å². The van der Waals surface area contributed by atoms with Gasteiger partial charge in [0, 0.05) is 37.1 Å². The first-order valence-corrected chi connectivity index (χ1v) is 6.12. The Kier molecular flexibility index (Phi) is 4.25. The van der Waals surface area contributed by atoms with E-state index >= 15 is 0 Å². The summed E-state index contributed by atoms with van der Waals surface area (Å²) >= 11 is 0. The molecule has 0 aliphatic carbocycles. The van der Waals surface area contributed by atoms with E-state index in [4.69, 9.17) is 0 Å².